The second-order valence-electron chi connectivity index (χ2n) is 6.24. The number of hydrogen-bond donors (Lipinski definition) is 0. The molecule has 8 heteroatoms. The molecule has 0 spiro atoms. The van der Waals surface area contributed by atoms with Crippen molar-refractivity contribution in [3.8, 4) is 10.8 Å². The number of likely N-dealkylation sites (tertiary alicyclic amines) is 1. The topological polar surface area (TPSA) is 72.1 Å². The van der Waals surface area contributed by atoms with Crippen LogP contribution in [-0.4, -0.2) is 43.8 Å². The van der Waals surface area contributed by atoms with Crippen LogP contribution in [0.3, 0.4) is 0 Å². The molecular weight excluding hydrogens is 344 g/mol. The quantitative estimate of drug-likeness (QED) is 0.769. The molecule has 3 heterocycles. The number of carbonyl (C=O) groups excluding carboxylic acids is 1. The Morgan fingerprint density at radius 3 is 2.62 bits per heavy atom. The fourth-order valence-corrected chi connectivity index (χ4v) is 4.67. The van der Waals surface area contributed by atoms with Gasteiger partial charge in [0.1, 0.15) is 4.88 Å². The van der Waals surface area contributed by atoms with E-state index in [2.05, 4.69) is 29.0 Å². The highest BCUT2D eigenvalue weighted by atomic mass is 32.2. The van der Waals surface area contributed by atoms with Gasteiger partial charge in [-0.2, -0.15) is 0 Å². The number of thioether (sulfide) groups is 1. The van der Waals surface area contributed by atoms with Crippen molar-refractivity contribution in [2.24, 2.45) is 0 Å². The average molecular weight is 367 g/mol. The van der Waals surface area contributed by atoms with E-state index >= 15 is 0 Å². The summed E-state index contributed by atoms with van der Waals surface area (Å²) in [6, 6.07) is 0.617. The standard InChI is InChI=1S/C16H22N4O2S2/c1-9-6-5-7-10(2)20(9)13(21)8-23-16-19-18-15(22-16)14-11(3)17-12(4)24-14/h9-10H,5-8H2,1-4H3. The third-order valence-corrected chi connectivity index (χ3v) is 6.17. The van der Waals surface area contributed by atoms with Gasteiger partial charge >= 0.3 is 0 Å². The Hall–Kier alpha value is -1.41. The molecule has 0 aromatic carbocycles. The summed E-state index contributed by atoms with van der Waals surface area (Å²) in [5, 5.41) is 9.54. The van der Waals surface area contributed by atoms with Crippen LogP contribution in [0, 0.1) is 13.8 Å². The average Bonchev–Trinajstić information content (AvgIpc) is 3.11. The third-order valence-electron chi connectivity index (χ3n) is 4.30. The number of rotatable bonds is 4. The molecule has 1 fully saturated rings. The highest BCUT2D eigenvalue weighted by Crippen LogP contribution is 2.31. The van der Waals surface area contributed by atoms with Crippen molar-refractivity contribution in [3.63, 3.8) is 0 Å². The summed E-state index contributed by atoms with van der Waals surface area (Å²) in [7, 11) is 0. The summed E-state index contributed by atoms with van der Waals surface area (Å²) in [5.41, 5.74) is 0.893. The molecule has 2 unspecified atom stereocenters. The predicted octanol–water partition coefficient (Wildman–Crippen LogP) is 3.69. The van der Waals surface area contributed by atoms with Gasteiger partial charge in [0.05, 0.1) is 16.5 Å². The monoisotopic (exact) mass is 366 g/mol. The first-order valence-corrected chi connectivity index (χ1v) is 9.97. The Kier molecular flexibility index (Phi) is 5.24. The molecule has 0 N–H and O–H groups in total. The molecule has 2 aromatic rings. The zero-order valence-corrected chi connectivity index (χ0v) is 16.0. The Balaban J connectivity index is 1.63. The summed E-state index contributed by atoms with van der Waals surface area (Å²) in [6.45, 7) is 8.13. The fraction of sp³-hybridized carbons (Fsp3) is 0.625. The van der Waals surface area contributed by atoms with E-state index < -0.39 is 0 Å². The van der Waals surface area contributed by atoms with Crippen molar-refractivity contribution >= 4 is 29.0 Å². The molecule has 2 atom stereocenters. The zero-order valence-electron chi connectivity index (χ0n) is 14.4. The summed E-state index contributed by atoms with van der Waals surface area (Å²) >= 11 is 2.84. The molecular formula is C16H22N4O2S2. The van der Waals surface area contributed by atoms with E-state index in [4.69, 9.17) is 4.42 Å². The molecule has 3 rings (SSSR count). The lowest BCUT2D eigenvalue weighted by atomic mass is 9.98. The predicted molar refractivity (Wildman–Crippen MR) is 95.2 cm³/mol. The molecule has 1 aliphatic rings. The second kappa shape index (κ2) is 7.23. The first-order valence-electron chi connectivity index (χ1n) is 8.17. The molecule has 1 amide bonds. The van der Waals surface area contributed by atoms with Gasteiger partial charge in [0, 0.05) is 12.1 Å². The van der Waals surface area contributed by atoms with Crippen molar-refractivity contribution in [1.29, 1.82) is 0 Å². The number of piperidine rings is 1. The molecule has 2 aromatic heterocycles. The van der Waals surface area contributed by atoms with Gasteiger partial charge in [0.2, 0.25) is 5.91 Å². The van der Waals surface area contributed by atoms with Crippen LogP contribution >= 0.6 is 23.1 Å². The summed E-state index contributed by atoms with van der Waals surface area (Å²) in [4.78, 5) is 19.8. The minimum Gasteiger partial charge on any atom is -0.410 e. The Bertz CT molecular complexity index is 717. The van der Waals surface area contributed by atoms with Gasteiger partial charge in [-0.3, -0.25) is 4.79 Å². The van der Waals surface area contributed by atoms with Gasteiger partial charge in [-0.25, -0.2) is 4.98 Å². The van der Waals surface area contributed by atoms with Gasteiger partial charge in [-0.15, -0.1) is 21.5 Å². The van der Waals surface area contributed by atoms with Crippen LogP contribution in [0.4, 0.5) is 0 Å². The lowest BCUT2D eigenvalue weighted by molar-refractivity contribution is -0.134. The van der Waals surface area contributed by atoms with E-state index in [0.717, 1.165) is 28.4 Å². The maximum Gasteiger partial charge on any atom is 0.277 e. The van der Waals surface area contributed by atoms with Crippen LogP contribution in [0.2, 0.25) is 0 Å². The number of carbonyl (C=O) groups is 1. The highest BCUT2D eigenvalue weighted by molar-refractivity contribution is 7.99. The van der Waals surface area contributed by atoms with Gasteiger partial charge < -0.3 is 9.32 Å². The molecule has 1 saturated heterocycles. The normalized spacial score (nSPS) is 21.2. The van der Waals surface area contributed by atoms with Gasteiger partial charge in [-0.1, -0.05) is 11.8 Å². The lowest BCUT2D eigenvalue weighted by Gasteiger charge is -2.39. The van der Waals surface area contributed by atoms with Crippen LogP contribution in [0.1, 0.15) is 43.8 Å². The van der Waals surface area contributed by atoms with Crippen molar-refractivity contribution in [2.45, 2.75) is 64.3 Å². The number of nitrogens with zero attached hydrogens (tertiary/aromatic N) is 4. The first-order chi connectivity index (χ1) is 11.5. The number of hydrogen-bond acceptors (Lipinski definition) is 7. The summed E-state index contributed by atoms with van der Waals surface area (Å²) in [6.07, 6.45) is 3.35. The minimum absolute atomic E-state index is 0.143. The Labute approximate surface area is 150 Å². The number of amides is 1. The van der Waals surface area contributed by atoms with E-state index in [1.165, 1.54) is 29.5 Å². The maximum atomic E-state index is 12.5. The second-order valence-corrected chi connectivity index (χ2v) is 8.37. The maximum absolute atomic E-state index is 12.5. The lowest BCUT2D eigenvalue weighted by Crippen LogP contribution is -2.48. The molecule has 0 bridgehead atoms. The minimum atomic E-state index is 0.143. The highest BCUT2D eigenvalue weighted by Gasteiger charge is 2.29. The van der Waals surface area contributed by atoms with Crippen LogP contribution in [-0.2, 0) is 4.79 Å². The smallest absolute Gasteiger partial charge is 0.277 e. The molecule has 6 nitrogen and oxygen atoms in total. The van der Waals surface area contributed by atoms with E-state index in [0.29, 0.717) is 29.0 Å². The summed E-state index contributed by atoms with van der Waals surface area (Å²) < 4.78 is 5.70. The SMILES string of the molecule is Cc1nc(C)c(-c2nnc(SCC(=O)N3C(C)CCCC3C)o2)s1. The van der Waals surface area contributed by atoms with E-state index in [9.17, 15) is 4.79 Å². The van der Waals surface area contributed by atoms with Crippen molar-refractivity contribution in [3.05, 3.63) is 10.7 Å². The Morgan fingerprint density at radius 2 is 2.00 bits per heavy atom. The molecule has 0 saturated carbocycles. The summed E-state index contributed by atoms with van der Waals surface area (Å²) in [5.74, 6) is 0.953. The van der Waals surface area contributed by atoms with Crippen molar-refractivity contribution in [2.75, 3.05) is 5.75 Å². The van der Waals surface area contributed by atoms with Crippen LogP contribution in [0.5, 0.6) is 0 Å². The van der Waals surface area contributed by atoms with Gasteiger partial charge in [0.15, 0.2) is 0 Å². The van der Waals surface area contributed by atoms with Crippen LogP contribution < -0.4 is 0 Å². The van der Waals surface area contributed by atoms with E-state index in [1.807, 2.05) is 18.7 Å². The molecule has 1 aliphatic heterocycles. The van der Waals surface area contributed by atoms with Crippen LogP contribution in [0.15, 0.2) is 9.64 Å². The largest absolute Gasteiger partial charge is 0.410 e. The number of thiazole rings is 1. The zero-order chi connectivity index (χ0) is 17.3. The first kappa shape index (κ1) is 17.4. The van der Waals surface area contributed by atoms with Gasteiger partial charge in [-0.05, 0) is 47.0 Å². The van der Waals surface area contributed by atoms with Crippen molar-refractivity contribution in [1.82, 2.24) is 20.1 Å². The molecule has 0 aliphatic carbocycles. The van der Waals surface area contributed by atoms with Crippen LogP contribution in [0.25, 0.3) is 10.8 Å². The van der Waals surface area contributed by atoms with Crippen molar-refractivity contribution < 1.29 is 9.21 Å². The van der Waals surface area contributed by atoms with Gasteiger partial charge in [0.25, 0.3) is 11.1 Å². The number of aryl methyl sites for hydroxylation is 2. The Morgan fingerprint density at radius 1 is 1.29 bits per heavy atom. The van der Waals surface area contributed by atoms with E-state index in [1.54, 1.807) is 0 Å². The molecule has 0 radical (unpaired) electrons. The molecule has 130 valence electrons. The third kappa shape index (κ3) is 3.64. The number of aromatic nitrogens is 3. The fourth-order valence-electron chi connectivity index (χ4n) is 3.20. The van der Waals surface area contributed by atoms with E-state index in [-0.39, 0.29) is 5.91 Å². The molecule has 24 heavy (non-hydrogen) atoms.